The molecule has 1 aromatic rings. The van der Waals surface area contributed by atoms with Crippen LogP contribution in [0.5, 0.6) is 5.75 Å². The van der Waals surface area contributed by atoms with Crippen molar-refractivity contribution in [3.63, 3.8) is 0 Å². The molecule has 74 valence electrons. The third kappa shape index (κ3) is 1.30. The van der Waals surface area contributed by atoms with E-state index in [2.05, 4.69) is 5.18 Å². The van der Waals surface area contributed by atoms with E-state index in [4.69, 9.17) is 10.5 Å². The third-order valence-electron chi connectivity index (χ3n) is 2.26. The number of nitrogens with two attached hydrogens (primary N) is 1. The predicted molar refractivity (Wildman–Crippen MR) is 49.5 cm³/mol. The number of rotatable bonds is 1. The monoisotopic (exact) mass is 196 g/mol. The minimum atomic E-state index is -0.532. The highest BCUT2D eigenvalue weighted by Crippen LogP contribution is 2.36. The second kappa shape index (κ2) is 3.25. The summed E-state index contributed by atoms with van der Waals surface area (Å²) in [5.41, 5.74) is 5.98. The van der Waals surface area contributed by atoms with Gasteiger partial charge in [-0.2, -0.15) is 4.91 Å². The maximum absolute atomic E-state index is 13.0. The van der Waals surface area contributed by atoms with Crippen molar-refractivity contribution < 1.29 is 9.13 Å². The van der Waals surface area contributed by atoms with Crippen LogP contribution in [0.4, 0.5) is 10.1 Å². The van der Waals surface area contributed by atoms with Crippen LogP contribution in [0.3, 0.4) is 0 Å². The number of benzene rings is 1. The molecule has 0 saturated heterocycles. The van der Waals surface area contributed by atoms with Gasteiger partial charge >= 0.3 is 0 Å². The molecule has 0 bridgehead atoms. The summed E-state index contributed by atoms with van der Waals surface area (Å²) in [6.45, 7) is 0.382. The molecular weight excluding hydrogens is 187 g/mol. The van der Waals surface area contributed by atoms with E-state index in [1.165, 1.54) is 12.1 Å². The molecular formula is C9H9FN2O2. The first-order valence-corrected chi connectivity index (χ1v) is 4.26. The number of nitrogen functional groups attached to an aromatic ring is 1. The van der Waals surface area contributed by atoms with E-state index in [0.717, 1.165) is 0 Å². The van der Waals surface area contributed by atoms with Crippen molar-refractivity contribution in [3.8, 4) is 5.75 Å². The Bertz CT molecular complexity index is 381. The number of nitroso groups, excluding NO2 is 1. The van der Waals surface area contributed by atoms with Gasteiger partial charge in [-0.1, -0.05) is 5.18 Å². The lowest BCUT2D eigenvalue weighted by Crippen LogP contribution is -2.13. The molecule has 0 amide bonds. The maximum atomic E-state index is 13.0. The summed E-state index contributed by atoms with van der Waals surface area (Å²) in [4.78, 5) is 10.5. The highest BCUT2D eigenvalue weighted by Gasteiger charge is 2.23. The Balaban J connectivity index is 2.52. The van der Waals surface area contributed by atoms with Crippen LogP contribution >= 0.6 is 0 Å². The average molecular weight is 196 g/mol. The van der Waals surface area contributed by atoms with Gasteiger partial charge in [0.15, 0.2) is 0 Å². The minimum absolute atomic E-state index is 0.0166. The molecule has 0 saturated carbocycles. The fraction of sp³-hybridized carbons (Fsp3) is 0.333. The van der Waals surface area contributed by atoms with Gasteiger partial charge in [-0.3, -0.25) is 0 Å². The van der Waals surface area contributed by atoms with Gasteiger partial charge in [0.05, 0.1) is 12.3 Å². The summed E-state index contributed by atoms with van der Waals surface area (Å²) < 4.78 is 18.2. The van der Waals surface area contributed by atoms with E-state index in [1.807, 2.05) is 0 Å². The first-order valence-electron chi connectivity index (χ1n) is 4.26. The van der Waals surface area contributed by atoms with Gasteiger partial charge in [0.2, 0.25) is 0 Å². The Labute approximate surface area is 79.8 Å². The van der Waals surface area contributed by atoms with Crippen LogP contribution in [0.15, 0.2) is 17.3 Å². The van der Waals surface area contributed by atoms with E-state index >= 15 is 0 Å². The molecule has 2 N–H and O–H groups in total. The van der Waals surface area contributed by atoms with Crippen LogP contribution in [0.25, 0.3) is 0 Å². The number of nitrogens with zero attached hydrogens (tertiary/aromatic N) is 1. The Kier molecular flexibility index (Phi) is 2.07. The average Bonchev–Trinajstić information content (AvgIpc) is 2.19. The lowest BCUT2D eigenvalue weighted by atomic mass is 10.0. The molecule has 0 aliphatic carbocycles. The van der Waals surface area contributed by atoms with Crippen LogP contribution in [0, 0.1) is 10.7 Å². The van der Waals surface area contributed by atoms with Gasteiger partial charge in [-0.15, -0.1) is 0 Å². The van der Waals surface area contributed by atoms with E-state index in [0.29, 0.717) is 24.3 Å². The Hall–Kier alpha value is -1.65. The summed E-state index contributed by atoms with van der Waals surface area (Å²) in [5.74, 6) is -0.164. The molecule has 1 aliphatic heterocycles. The fourth-order valence-corrected chi connectivity index (χ4v) is 1.52. The third-order valence-corrected chi connectivity index (χ3v) is 2.26. The molecule has 1 atom stereocenters. The van der Waals surface area contributed by atoms with Crippen molar-refractivity contribution in [1.82, 2.24) is 0 Å². The summed E-state index contributed by atoms with van der Waals surface area (Å²) >= 11 is 0. The molecule has 2 rings (SSSR count). The predicted octanol–water partition coefficient (Wildman–Crippen LogP) is 2.00. The molecule has 14 heavy (non-hydrogen) atoms. The van der Waals surface area contributed by atoms with Crippen LogP contribution in [-0.2, 0) is 0 Å². The van der Waals surface area contributed by atoms with E-state index in [-0.39, 0.29) is 5.69 Å². The quantitative estimate of drug-likeness (QED) is 0.551. The second-order valence-electron chi connectivity index (χ2n) is 3.17. The smallest absolute Gasteiger partial charge is 0.149 e. The molecule has 1 unspecified atom stereocenters. The molecule has 1 aliphatic rings. The lowest BCUT2D eigenvalue weighted by molar-refractivity contribution is 0.268. The summed E-state index contributed by atoms with van der Waals surface area (Å²) in [6, 6.07) is 2.14. The van der Waals surface area contributed by atoms with Crippen molar-refractivity contribution >= 4 is 5.69 Å². The molecule has 0 radical (unpaired) electrons. The van der Waals surface area contributed by atoms with Gasteiger partial charge in [0.1, 0.15) is 17.6 Å². The zero-order valence-corrected chi connectivity index (χ0v) is 7.37. The van der Waals surface area contributed by atoms with Gasteiger partial charge in [-0.25, -0.2) is 4.39 Å². The highest BCUT2D eigenvalue weighted by molar-refractivity contribution is 5.51. The van der Waals surface area contributed by atoms with Gasteiger partial charge in [0.25, 0.3) is 0 Å². The SMILES string of the molecule is Nc1cc2c(cc1F)OCCC2N=O. The normalized spacial score (nSPS) is 19.6. The number of anilines is 1. The number of halogens is 1. The van der Waals surface area contributed by atoms with Crippen LogP contribution < -0.4 is 10.5 Å². The molecule has 0 spiro atoms. The van der Waals surface area contributed by atoms with E-state index in [9.17, 15) is 9.30 Å². The van der Waals surface area contributed by atoms with Crippen LogP contribution in [0.2, 0.25) is 0 Å². The largest absolute Gasteiger partial charge is 0.493 e. The topological polar surface area (TPSA) is 64.7 Å². The highest BCUT2D eigenvalue weighted by atomic mass is 19.1. The summed E-state index contributed by atoms with van der Waals surface area (Å²) in [5, 5.41) is 2.95. The van der Waals surface area contributed by atoms with Crippen molar-refractivity contribution in [2.75, 3.05) is 12.3 Å². The van der Waals surface area contributed by atoms with Gasteiger partial charge < -0.3 is 10.5 Å². The Morgan fingerprint density at radius 3 is 3.07 bits per heavy atom. The van der Waals surface area contributed by atoms with Crippen molar-refractivity contribution in [2.24, 2.45) is 5.18 Å². The first-order chi connectivity index (χ1) is 6.72. The van der Waals surface area contributed by atoms with E-state index in [1.54, 1.807) is 0 Å². The van der Waals surface area contributed by atoms with Crippen molar-refractivity contribution in [2.45, 2.75) is 12.5 Å². The van der Waals surface area contributed by atoms with Crippen LogP contribution in [0.1, 0.15) is 18.0 Å². The lowest BCUT2D eigenvalue weighted by Gasteiger charge is -2.21. The maximum Gasteiger partial charge on any atom is 0.149 e. The van der Waals surface area contributed by atoms with Crippen molar-refractivity contribution in [1.29, 1.82) is 0 Å². The second-order valence-corrected chi connectivity index (χ2v) is 3.17. The zero-order chi connectivity index (χ0) is 10.1. The molecule has 0 aromatic heterocycles. The number of hydrogen-bond acceptors (Lipinski definition) is 4. The van der Waals surface area contributed by atoms with Crippen molar-refractivity contribution in [3.05, 3.63) is 28.4 Å². The van der Waals surface area contributed by atoms with Gasteiger partial charge in [-0.05, 0) is 6.07 Å². The number of ether oxygens (including phenoxy) is 1. The molecule has 5 heteroatoms. The van der Waals surface area contributed by atoms with Crippen LogP contribution in [-0.4, -0.2) is 6.61 Å². The zero-order valence-electron chi connectivity index (χ0n) is 7.37. The first kappa shape index (κ1) is 8.93. The van der Waals surface area contributed by atoms with E-state index < -0.39 is 11.9 Å². The Morgan fingerprint density at radius 2 is 2.36 bits per heavy atom. The standard InChI is InChI=1S/C9H9FN2O2/c10-6-4-9-5(3-7(6)11)8(12-13)1-2-14-9/h3-4,8H,1-2,11H2. The Morgan fingerprint density at radius 1 is 1.57 bits per heavy atom. The molecule has 4 nitrogen and oxygen atoms in total. The molecule has 0 fully saturated rings. The number of fused-ring (bicyclic) bond motifs is 1. The van der Waals surface area contributed by atoms with Gasteiger partial charge in [0, 0.05) is 18.1 Å². The summed E-state index contributed by atoms with van der Waals surface area (Å²) in [7, 11) is 0. The minimum Gasteiger partial charge on any atom is -0.493 e. The fourth-order valence-electron chi connectivity index (χ4n) is 1.52. The number of hydrogen-bond donors (Lipinski definition) is 1. The summed E-state index contributed by atoms with van der Waals surface area (Å²) in [6.07, 6.45) is 0.515. The molecule has 1 aromatic carbocycles. The molecule has 1 heterocycles.